The van der Waals surface area contributed by atoms with Gasteiger partial charge in [-0.15, -0.1) is 0 Å². The maximum absolute atomic E-state index is 13.2. The highest BCUT2D eigenvalue weighted by atomic mass is 32.2. The first-order chi connectivity index (χ1) is 14.6. The topological polar surface area (TPSA) is 70.6 Å². The lowest BCUT2D eigenvalue weighted by Gasteiger charge is -2.22. The largest absolute Gasteiger partial charge is 0.308 e. The minimum Gasteiger partial charge on any atom is -0.308 e. The van der Waals surface area contributed by atoms with Crippen LogP contribution in [0.15, 0.2) is 47.4 Å². The second-order valence-corrected chi connectivity index (χ2v) is 11.7. The molecular formula is C23H29N3O3S2. The molecule has 0 fully saturated rings. The highest BCUT2D eigenvalue weighted by molar-refractivity contribution is 7.92. The Kier molecular flexibility index (Phi) is 7.13. The van der Waals surface area contributed by atoms with Gasteiger partial charge in [0, 0.05) is 13.1 Å². The summed E-state index contributed by atoms with van der Waals surface area (Å²) in [6.45, 7) is 6.61. The number of thiazole rings is 1. The van der Waals surface area contributed by atoms with Crippen molar-refractivity contribution < 1.29 is 13.2 Å². The summed E-state index contributed by atoms with van der Waals surface area (Å²) in [7, 11) is 0.614. The molecule has 0 aliphatic carbocycles. The van der Waals surface area contributed by atoms with E-state index in [2.05, 4.69) is 11.1 Å². The number of amides is 1. The molecule has 0 saturated carbocycles. The van der Waals surface area contributed by atoms with E-state index in [4.69, 9.17) is 0 Å². The third-order valence-corrected chi connectivity index (χ3v) is 8.27. The van der Waals surface area contributed by atoms with Crippen LogP contribution in [0, 0.1) is 6.92 Å². The fraction of sp³-hybridized carbons (Fsp3) is 0.391. The van der Waals surface area contributed by atoms with E-state index >= 15 is 0 Å². The second kappa shape index (κ2) is 9.46. The maximum atomic E-state index is 13.2. The Morgan fingerprint density at radius 2 is 1.74 bits per heavy atom. The van der Waals surface area contributed by atoms with Gasteiger partial charge in [-0.2, -0.15) is 0 Å². The first-order valence-corrected chi connectivity index (χ1v) is 12.6. The van der Waals surface area contributed by atoms with E-state index in [0.717, 1.165) is 21.3 Å². The summed E-state index contributed by atoms with van der Waals surface area (Å²) in [5, 5.41) is 0.204. The van der Waals surface area contributed by atoms with Crippen LogP contribution in [-0.4, -0.2) is 56.6 Å². The van der Waals surface area contributed by atoms with Crippen LogP contribution < -0.4 is 4.90 Å². The Morgan fingerprint density at radius 1 is 1.06 bits per heavy atom. The molecule has 1 heterocycles. The molecule has 0 N–H and O–H groups in total. The van der Waals surface area contributed by atoms with Gasteiger partial charge in [0.05, 0.1) is 26.8 Å². The molecule has 0 aliphatic heterocycles. The molecule has 0 atom stereocenters. The number of sulfone groups is 1. The molecule has 31 heavy (non-hydrogen) atoms. The molecule has 3 rings (SSSR count). The van der Waals surface area contributed by atoms with E-state index in [1.807, 2.05) is 38.1 Å². The Hall–Kier alpha value is -2.29. The third kappa shape index (κ3) is 5.50. The quantitative estimate of drug-likeness (QED) is 0.511. The molecule has 1 amide bonds. The molecule has 3 aromatic rings. The maximum Gasteiger partial charge on any atom is 0.233 e. The van der Waals surface area contributed by atoms with Crippen LogP contribution in [0.2, 0.25) is 0 Å². The standard InChI is InChI=1S/C23H29N3O3S2/c1-16(2)31(28,29)19-9-7-18(8-10-19)15-22(27)26(13-12-25(4)5)23-24-20-11-6-17(3)14-21(20)30-23/h6-11,14,16H,12-13,15H2,1-5H3. The number of anilines is 1. The fourth-order valence-electron chi connectivity index (χ4n) is 3.10. The third-order valence-electron chi connectivity index (χ3n) is 5.06. The summed E-state index contributed by atoms with van der Waals surface area (Å²) in [5.74, 6) is -0.0582. The Morgan fingerprint density at radius 3 is 2.35 bits per heavy atom. The SMILES string of the molecule is Cc1ccc2nc(N(CCN(C)C)C(=O)Cc3ccc(S(=O)(=O)C(C)C)cc3)sc2c1. The Balaban J connectivity index is 1.84. The number of nitrogens with zero attached hydrogens (tertiary/aromatic N) is 3. The molecule has 166 valence electrons. The molecule has 0 aliphatic rings. The number of fused-ring (bicyclic) bond motifs is 1. The molecule has 0 saturated heterocycles. The smallest absolute Gasteiger partial charge is 0.233 e. The molecule has 0 radical (unpaired) electrons. The summed E-state index contributed by atoms with van der Waals surface area (Å²) < 4.78 is 25.7. The molecule has 0 unspecified atom stereocenters. The van der Waals surface area contributed by atoms with Gasteiger partial charge in [-0.1, -0.05) is 29.5 Å². The van der Waals surface area contributed by atoms with Gasteiger partial charge in [0.1, 0.15) is 0 Å². The average molecular weight is 460 g/mol. The predicted octanol–water partition coefficient (Wildman–Crippen LogP) is 3.92. The van der Waals surface area contributed by atoms with Gasteiger partial charge in [-0.3, -0.25) is 9.69 Å². The van der Waals surface area contributed by atoms with Crippen LogP contribution in [0.5, 0.6) is 0 Å². The second-order valence-electron chi connectivity index (χ2n) is 8.23. The van der Waals surface area contributed by atoms with Gasteiger partial charge < -0.3 is 4.90 Å². The summed E-state index contributed by atoms with van der Waals surface area (Å²) in [6, 6.07) is 12.7. The number of hydrogen-bond donors (Lipinski definition) is 0. The first-order valence-electron chi connectivity index (χ1n) is 10.2. The zero-order valence-corrected chi connectivity index (χ0v) is 20.3. The number of hydrogen-bond acceptors (Lipinski definition) is 6. The van der Waals surface area contributed by atoms with Crippen molar-refractivity contribution in [2.24, 2.45) is 0 Å². The lowest BCUT2D eigenvalue weighted by atomic mass is 10.1. The van der Waals surface area contributed by atoms with E-state index in [1.165, 1.54) is 11.3 Å². The zero-order chi connectivity index (χ0) is 22.8. The normalized spacial score (nSPS) is 12.1. The van der Waals surface area contributed by atoms with E-state index in [1.54, 1.807) is 43.0 Å². The van der Waals surface area contributed by atoms with E-state index in [0.29, 0.717) is 18.2 Å². The van der Waals surface area contributed by atoms with Gasteiger partial charge in [0.25, 0.3) is 0 Å². The first kappa shape index (κ1) is 23.4. The van der Waals surface area contributed by atoms with E-state index in [-0.39, 0.29) is 17.2 Å². The highest BCUT2D eigenvalue weighted by Crippen LogP contribution is 2.30. The van der Waals surface area contributed by atoms with Crippen molar-refractivity contribution in [1.82, 2.24) is 9.88 Å². The fourth-order valence-corrected chi connectivity index (χ4v) is 5.27. The Labute approximate surface area is 188 Å². The number of likely N-dealkylation sites (N-methyl/N-ethyl adjacent to an activating group) is 1. The number of carbonyl (C=O) groups excluding carboxylic acids is 1. The monoisotopic (exact) mass is 459 g/mol. The van der Waals surface area contributed by atoms with Crippen molar-refractivity contribution in [3.05, 3.63) is 53.6 Å². The van der Waals surface area contributed by atoms with Crippen molar-refractivity contribution in [2.45, 2.75) is 37.3 Å². The van der Waals surface area contributed by atoms with Gasteiger partial charge in [-0.25, -0.2) is 13.4 Å². The number of benzene rings is 2. The van der Waals surface area contributed by atoms with Crippen LogP contribution in [0.4, 0.5) is 5.13 Å². The van der Waals surface area contributed by atoms with E-state index in [9.17, 15) is 13.2 Å². The summed E-state index contributed by atoms with van der Waals surface area (Å²) in [4.78, 5) is 21.9. The lowest BCUT2D eigenvalue weighted by molar-refractivity contribution is -0.118. The minimum absolute atomic E-state index is 0.0582. The molecule has 1 aromatic heterocycles. The average Bonchev–Trinajstić information content (AvgIpc) is 3.10. The van der Waals surface area contributed by atoms with Crippen molar-refractivity contribution >= 4 is 42.4 Å². The van der Waals surface area contributed by atoms with Crippen molar-refractivity contribution in [1.29, 1.82) is 0 Å². The van der Waals surface area contributed by atoms with Crippen molar-refractivity contribution in [3.8, 4) is 0 Å². The molecule has 0 bridgehead atoms. The van der Waals surface area contributed by atoms with Gasteiger partial charge in [0.2, 0.25) is 5.91 Å². The Bertz CT molecular complexity index is 1170. The van der Waals surface area contributed by atoms with Crippen LogP contribution in [0.25, 0.3) is 10.2 Å². The van der Waals surface area contributed by atoms with Crippen LogP contribution >= 0.6 is 11.3 Å². The van der Waals surface area contributed by atoms with Crippen LogP contribution in [-0.2, 0) is 21.1 Å². The number of rotatable bonds is 8. The summed E-state index contributed by atoms with van der Waals surface area (Å²) in [6.07, 6.45) is 0.185. The number of aromatic nitrogens is 1. The van der Waals surface area contributed by atoms with Crippen molar-refractivity contribution in [2.75, 3.05) is 32.1 Å². The van der Waals surface area contributed by atoms with Gasteiger partial charge >= 0.3 is 0 Å². The lowest BCUT2D eigenvalue weighted by Crippen LogP contribution is -2.37. The highest BCUT2D eigenvalue weighted by Gasteiger charge is 2.22. The van der Waals surface area contributed by atoms with Crippen molar-refractivity contribution in [3.63, 3.8) is 0 Å². The molecule has 0 spiro atoms. The van der Waals surface area contributed by atoms with Gasteiger partial charge in [0.15, 0.2) is 15.0 Å². The number of carbonyl (C=O) groups is 1. The summed E-state index contributed by atoms with van der Waals surface area (Å²) >= 11 is 1.52. The predicted molar refractivity (Wildman–Crippen MR) is 128 cm³/mol. The molecule has 6 nitrogen and oxygen atoms in total. The zero-order valence-electron chi connectivity index (χ0n) is 18.6. The summed E-state index contributed by atoms with van der Waals surface area (Å²) in [5.41, 5.74) is 2.82. The van der Waals surface area contributed by atoms with Gasteiger partial charge in [-0.05, 0) is 70.3 Å². The van der Waals surface area contributed by atoms with E-state index < -0.39 is 15.1 Å². The van der Waals surface area contributed by atoms with Crippen LogP contribution in [0.3, 0.4) is 0 Å². The molecule has 2 aromatic carbocycles. The number of aryl methyl sites for hydroxylation is 1. The molecule has 8 heteroatoms. The van der Waals surface area contributed by atoms with Crippen LogP contribution in [0.1, 0.15) is 25.0 Å². The minimum atomic E-state index is -3.33. The molecular weight excluding hydrogens is 430 g/mol.